The zero-order valence-corrected chi connectivity index (χ0v) is 14.9. The zero-order valence-electron chi connectivity index (χ0n) is 10.9. The van der Waals surface area contributed by atoms with Gasteiger partial charge < -0.3 is 4.74 Å². The molecule has 1 nitrogen and oxygen atoms in total. The van der Waals surface area contributed by atoms with Crippen LogP contribution in [0.5, 0.6) is 0 Å². The van der Waals surface area contributed by atoms with Crippen molar-refractivity contribution < 1.29 is 63.9 Å². The number of hydrogen-bond acceptors (Lipinski definition) is 1. The van der Waals surface area contributed by atoms with Gasteiger partial charge in [0.05, 0.1) is 0 Å². The molecule has 0 bridgehead atoms. The second-order valence-electron chi connectivity index (χ2n) is 3.70. The number of hydrogen-bond donors (Lipinski definition) is 0. The van der Waals surface area contributed by atoms with E-state index in [9.17, 15) is 0 Å². The van der Waals surface area contributed by atoms with Crippen molar-refractivity contribution >= 4 is 0 Å². The molecule has 2 aromatic carbocycles. The van der Waals surface area contributed by atoms with Crippen molar-refractivity contribution in [1.82, 2.24) is 0 Å². The van der Waals surface area contributed by atoms with Crippen molar-refractivity contribution in [2.75, 3.05) is 13.2 Å². The number of ether oxygens (including phenoxy) is 1. The van der Waals surface area contributed by atoms with Gasteiger partial charge in [-0.15, -0.1) is 0 Å². The molecule has 0 saturated heterocycles. The summed E-state index contributed by atoms with van der Waals surface area (Å²) in [7, 11) is 0. The fraction of sp³-hybridized carbons (Fsp3) is 0.286. The maximum absolute atomic E-state index is 5.58. The van der Waals surface area contributed by atoms with E-state index in [1.54, 1.807) is 0 Å². The molecule has 2 aromatic rings. The van der Waals surface area contributed by atoms with Crippen LogP contribution >= 0.6 is 0 Å². The first-order valence-corrected chi connectivity index (χ1v) is 5.44. The Balaban J connectivity index is 0.00000128. The van der Waals surface area contributed by atoms with Crippen LogP contribution < -0.4 is 59.1 Å². The summed E-state index contributed by atoms with van der Waals surface area (Å²) in [6, 6.07) is 16.8. The molecule has 3 heteroatoms. The molecule has 0 fully saturated rings. The summed E-state index contributed by atoms with van der Waals surface area (Å²) in [6.45, 7) is 1.65. The van der Waals surface area contributed by atoms with Gasteiger partial charge in [-0.25, -0.2) is 12.1 Å². The normalized spacial score (nSPS) is 9.41. The Hall–Kier alpha value is 0.660. The molecule has 0 N–H and O–H groups in total. The first-order chi connectivity index (χ1) is 7.45. The van der Waals surface area contributed by atoms with Crippen molar-refractivity contribution in [2.24, 2.45) is 0 Å². The van der Waals surface area contributed by atoms with Crippen LogP contribution in [-0.2, 0) is 17.6 Å². The van der Waals surface area contributed by atoms with E-state index in [0.717, 1.165) is 26.1 Å². The third kappa shape index (κ3) is 6.97. The Kier molecular flexibility index (Phi) is 11.0. The van der Waals surface area contributed by atoms with Crippen LogP contribution in [0.25, 0.3) is 0 Å². The third-order valence-electron chi connectivity index (χ3n) is 2.53. The Morgan fingerprint density at radius 3 is 1.65 bits per heavy atom. The van der Waals surface area contributed by atoms with Crippen molar-refractivity contribution in [3.8, 4) is 0 Å². The summed E-state index contributed by atoms with van der Waals surface area (Å²) < 4.78 is 5.58. The zero-order chi connectivity index (χ0) is 10.3. The minimum atomic E-state index is 0. The van der Waals surface area contributed by atoms with E-state index in [0.29, 0.717) is 0 Å². The van der Waals surface area contributed by atoms with Crippen LogP contribution in [0.15, 0.2) is 48.5 Å². The third-order valence-corrected chi connectivity index (χ3v) is 2.53. The quantitative estimate of drug-likeness (QED) is 0.299. The van der Waals surface area contributed by atoms with Crippen LogP contribution in [0, 0.1) is 0 Å². The van der Waals surface area contributed by atoms with Crippen molar-refractivity contribution in [1.29, 1.82) is 0 Å². The second-order valence-corrected chi connectivity index (χ2v) is 3.70. The van der Waals surface area contributed by atoms with Crippen LogP contribution in [0.1, 0.15) is 11.1 Å². The molecular formula is C14H16Na2O. The molecule has 0 aliphatic rings. The van der Waals surface area contributed by atoms with Gasteiger partial charge in [0.25, 0.3) is 0 Å². The van der Waals surface area contributed by atoms with E-state index in [-0.39, 0.29) is 59.1 Å². The fourth-order valence-electron chi connectivity index (χ4n) is 1.64. The van der Waals surface area contributed by atoms with Crippen molar-refractivity contribution in [3.05, 3.63) is 59.7 Å². The monoisotopic (exact) mass is 246 g/mol. The summed E-state index contributed by atoms with van der Waals surface area (Å²) in [5.41, 5.74) is 2.73. The van der Waals surface area contributed by atoms with Gasteiger partial charge in [0, 0.05) is 13.2 Å². The first kappa shape index (κ1) is 17.7. The van der Waals surface area contributed by atoms with E-state index in [4.69, 9.17) is 4.74 Å². The molecule has 0 aliphatic carbocycles. The summed E-state index contributed by atoms with van der Waals surface area (Å²) in [5, 5.41) is 0. The van der Waals surface area contributed by atoms with Gasteiger partial charge in [-0.2, -0.15) is 47.5 Å². The Labute approximate surface area is 148 Å². The molecule has 80 valence electrons. The van der Waals surface area contributed by atoms with Crippen LogP contribution in [0.2, 0.25) is 0 Å². The molecule has 0 aromatic heterocycles. The smallest absolute Gasteiger partial charge is 0.383 e. The van der Waals surface area contributed by atoms with Gasteiger partial charge in [0.15, 0.2) is 0 Å². The molecule has 0 amide bonds. The molecule has 0 unspecified atom stereocenters. The number of rotatable bonds is 6. The first-order valence-electron chi connectivity index (χ1n) is 5.44. The SMILES string of the molecule is [Na+].[Na+].c1cc(CCOCCc2cc[cH-]c2)c[cH-]1. The van der Waals surface area contributed by atoms with Crippen LogP contribution in [-0.4, -0.2) is 13.2 Å². The van der Waals surface area contributed by atoms with Gasteiger partial charge in [-0.3, -0.25) is 0 Å². The average molecular weight is 246 g/mol. The largest absolute Gasteiger partial charge is 1.00 e. The van der Waals surface area contributed by atoms with Crippen molar-refractivity contribution in [3.63, 3.8) is 0 Å². The molecule has 0 radical (unpaired) electrons. The average Bonchev–Trinajstić information content (AvgIpc) is 2.88. The molecule has 0 saturated carbocycles. The topological polar surface area (TPSA) is 9.23 Å². The van der Waals surface area contributed by atoms with Crippen molar-refractivity contribution in [2.45, 2.75) is 12.8 Å². The standard InChI is InChI=1S/C14H16O.2Na/c1-2-6-13(5-1)9-11-15-12-10-14-7-3-4-8-14;;/h1-8H,9-12H2;;/q-2;2*+1. The molecule has 0 aliphatic heterocycles. The van der Waals surface area contributed by atoms with E-state index in [1.165, 1.54) is 11.1 Å². The van der Waals surface area contributed by atoms with Gasteiger partial charge in [0.1, 0.15) is 0 Å². The Bertz CT molecular complexity index is 315. The molecule has 17 heavy (non-hydrogen) atoms. The van der Waals surface area contributed by atoms with E-state index >= 15 is 0 Å². The van der Waals surface area contributed by atoms with Crippen LogP contribution in [0.3, 0.4) is 0 Å². The molecule has 2 rings (SSSR count). The second kappa shape index (κ2) is 10.6. The maximum atomic E-state index is 5.58. The van der Waals surface area contributed by atoms with Crippen LogP contribution in [0.4, 0.5) is 0 Å². The Morgan fingerprint density at radius 2 is 1.29 bits per heavy atom. The van der Waals surface area contributed by atoms with Gasteiger partial charge in [-0.05, 0) is 0 Å². The summed E-state index contributed by atoms with van der Waals surface area (Å²) in [4.78, 5) is 0. The summed E-state index contributed by atoms with van der Waals surface area (Å²) in [6.07, 6.45) is 2.04. The van der Waals surface area contributed by atoms with Gasteiger partial charge >= 0.3 is 59.1 Å². The predicted molar refractivity (Wildman–Crippen MR) is 62.3 cm³/mol. The molecule has 0 atom stereocenters. The summed E-state index contributed by atoms with van der Waals surface area (Å²) in [5.74, 6) is 0. The summed E-state index contributed by atoms with van der Waals surface area (Å²) >= 11 is 0. The minimum Gasteiger partial charge on any atom is -0.383 e. The minimum absolute atomic E-state index is 0. The fourth-order valence-corrected chi connectivity index (χ4v) is 1.64. The Morgan fingerprint density at radius 1 is 0.824 bits per heavy atom. The van der Waals surface area contributed by atoms with Gasteiger partial charge in [-0.1, -0.05) is 12.8 Å². The molecule has 0 heterocycles. The molecular weight excluding hydrogens is 230 g/mol. The maximum Gasteiger partial charge on any atom is 1.00 e. The van der Waals surface area contributed by atoms with E-state index in [2.05, 4.69) is 48.5 Å². The predicted octanol–water partition coefficient (Wildman–Crippen LogP) is -3.07. The van der Waals surface area contributed by atoms with E-state index < -0.39 is 0 Å². The van der Waals surface area contributed by atoms with E-state index in [1.807, 2.05) is 0 Å². The molecule has 0 spiro atoms. The van der Waals surface area contributed by atoms with Gasteiger partial charge in [0.2, 0.25) is 0 Å².